The van der Waals surface area contributed by atoms with Crippen molar-refractivity contribution in [2.75, 3.05) is 33.5 Å². The van der Waals surface area contributed by atoms with Crippen LogP contribution in [-0.2, 0) is 17.0 Å². The average Bonchev–Trinajstić information content (AvgIpc) is 2.83. The lowest BCUT2D eigenvalue weighted by Crippen LogP contribution is -2.09. The highest BCUT2D eigenvalue weighted by Gasteiger charge is 2.03. The van der Waals surface area contributed by atoms with Gasteiger partial charge in [0.2, 0.25) is 0 Å². The zero-order valence-corrected chi connectivity index (χ0v) is 13.1. The molecule has 5 nitrogen and oxygen atoms in total. The van der Waals surface area contributed by atoms with Crippen LogP contribution in [0, 0.1) is 11.3 Å². The Morgan fingerprint density at radius 3 is 2.85 bits per heavy atom. The van der Waals surface area contributed by atoms with E-state index in [9.17, 15) is 0 Å². The van der Waals surface area contributed by atoms with E-state index in [0.717, 1.165) is 29.6 Å². The van der Waals surface area contributed by atoms with Crippen molar-refractivity contribution >= 4 is 17.7 Å². The lowest BCUT2D eigenvalue weighted by molar-refractivity contribution is 0.344. The Morgan fingerprint density at radius 2 is 2.20 bits per heavy atom. The van der Waals surface area contributed by atoms with E-state index in [4.69, 9.17) is 14.4 Å². The third-order valence-electron chi connectivity index (χ3n) is 2.42. The molecule has 1 heterocycles. The number of aliphatic imine (C=N–C) groups is 1. The summed E-state index contributed by atoms with van der Waals surface area (Å²) in [6.07, 6.45) is 0.229. The quantitative estimate of drug-likeness (QED) is 0.419. The number of methoxy groups -OCH3 is 1. The van der Waals surface area contributed by atoms with Crippen LogP contribution in [-0.4, -0.2) is 44.3 Å². The topological polar surface area (TPSA) is 61.8 Å². The normalized spacial score (nSPS) is 11.7. The van der Waals surface area contributed by atoms with Crippen LogP contribution in [0.5, 0.6) is 0 Å². The fourth-order valence-electron chi connectivity index (χ4n) is 1.56. The number of nitriles is 1. The fraction of sp³-hybridized carbons (Fsp3) is 0.571. The highest BCUT2D eigenvalue weighted by atomic mass is 32.2. The predicted octanol–water partition coefficient (Wildman–Crippen LogP) is 2.53. The minimum absolute atomic E-state index is 0.229. The molecule has 0 aromatic carbocycles. The van der Waals surface area contributed by atoms with E-state index in [-0.39, 0.29) is 6.42 Å². The Morgan fingerprint density at radius 1 is 1.45 bits per heavy atom. The molecule has 0 saturated heterocycles. The van der Waals surface area contributed by atoms with Crippen molar-refractivity contribution < 1.29 is 9.15 Å². The average molecular weight is 295 g/mol. The van der Waals surface area contributed by atoms with Crippen LogP contribution in [0.1, 0.15) is 17.9 Å². The molecule has 6 heteroatoms. The molecular weight excluding hydrogens is 274 g/mol. The Bertz CT molecular complexity index is 463. The van der Waals surface area contributed by atoms with Gasteiger partial charge in [-0.1, -0.05) is 0 Å². The van der Waals surface area contributed by atoms with E-state index >= 15 is 0 Å². The van der Waals surface area contributed by atoms with Crippen molar-refractivity contribution in [1.29, 1.82) is 5.26 Å². The molecule has 1 rings (SSSR count). The highest BCUT2D eigenvalue weighted by molar-refractivity contribution is 7.98. The van der Waals surface area contributed by atoms with Gasteiger partial charge in [0.15, 0.2) is 5.90 Å². The first kappa shape index (κ1) is 16.6. The molecule has 1 aromatic rings. The summed E-state index contributed by atoms with van der Waals surface area (Å²) in [6.45, 7) is 1.47. The van der Waals surface area contributed by atoms with Gasteiger partial charge in [-0.05, 0) is 26.2 Å². The smallest absolute Gasteiger partial charge is 0.197 e. The molecule has 0 unspecified atom stereocenters. The molecule has 0 radical (unpaired) electrons. The van der Waals surface area contributed by atoms with Crippen molar-refractivity contribution in [3.8, 4) is 6.07 Å². The molecule has 20 heavy (non-hydrogen) atoms. The second-order valence-electron chi connectivity index (χ2n) is 4.47. The van der Waals surface area contributed by atoms with Crippen LogP contribution in [0.4, 0.5) is 0 Å². The lowest BCUT2D eigenvalue weighted by Gasteiger charge is -2.05. The Labute approximate surface area is 124 Å². The SMILES string of the molecule is COC(CC#N)=NCCSCc1ccc(CN(C)C)o1. The van der Waals surface area contributed by atoms with Gasteiger partial charge < -0.3 is 14.1 Å². The van der Waals surface area contributed by atoms with Gasteiger partial charge in [0.25, 0.3) is 0 Å². The molecule has 1 aromatic heterocycles. The largest absolute Gasteiger partial charge is 0.484 e. The van der Waals surface area contributed by atoms with E-state index in [1.165, 1.54) is 0 Å². The first-order valence-corrected chi connectivity index (χ1v) is 7.55. The maximum atomic E-state index is 8.55. The first-order valence-electron chi connectivity index (χ1n) is 6.40. The summed E-state index contributed by atoms with van der Waals surface area (Å²) in [5.74, 6) is 4.18. The molecule has 0 bridgehead atoms. The molecule has 0 fully saturated rings. The zero-order chi connectivity index (χ0) is 14.8. The second kappa shape index (κ2) is 9.45. The molecule has 0 N–H and O–H groups in total. The third kappa shape index (κ3) is 6.64. The van der Waals surface area contributed by atoms with Crippen LogP contribution < -0.4 is 0 Å². The summed E-state index contributed by atoms with van der Waals surface area (Å²) in [7, 11) is 5.57. The summed E-state index contributed by atoms with van der Waals surface area (Å²) in [4.78, 5) is 6.30. The number of ether oxygens (including phenoxy) is 1. The molecule has 0 atom stereocenters. The number of hydrogen-bond acceptors (Lipinski definition) is 6. The van der Waals surface area contributed by atoms with Crippen LogP contribution in [0.15, 0.2) is 21.5 Å². The summed E-state index contributed by atoms with van der Waals surface area (Å²) in [5, 5.41) is 8.55. The first-order chi connectivity index (χ1) is 9.65. The molecule has 0 aliphatic carbocycles. The van der Waals surface area contributed by atoms with Crippen molar-refractivity contribution in [2.45, 2.75) is 18.7 Å². The Balaban J connectivity index is 2.24. The van der Waals surface area contributed by atoms with E-state index in [1.807, 2.05) is 32.3 Å². The summed E-state index contributed by atoms with van der Waals surface area (Å²) in [5.41, 5.74) is 0. The van der Waals surface area contributed by atoms with Crippen LogP contribution in [0.25, 0.3) is 0 Å². The van der Waals surface area contributed by atoms with E-state index in [0.29, 0.717) is 12.4 Å². The van der Waals surface area contributed by atoms with Gasteiger partial charge in [-0.15, -0.1) is 0 Å². The Kier molecular flexibility index (Phi) is 7.85. The van der Waals surface area contributed by atoms with Crippen LogP contribution in [0.3, 0.4) is 0 Å². The number of thioether (sulfide) groups is 1. The van der Waals surface area contributed by atoms with Crippen molar-refractivity contribution in [3.05, 3.63) is 23.7 Å². The van der Waals surface area contributed by atoms with Gasteiger partial charge in [-0.2, -0.15) is 17.0 Å². The molecule has 0 spiro atoms. The van der Waals surface area contributed by atoms with Crippen LogP contribution >= 0.6 is 11.8 Å². The van der Waals surface area contributed by atoms with Crippen molar-refractivity contribution in [3.63, 3.8) is 0 Å². The van der Waals surface area contributed by atoms with E-state index < -0.39 is 0 Å². The fourth-order valence-corrected chi connectivity index (χ4v) is 2.29. The van der Waals surface area contributed by atoms with Crippen LogP contribution in [0.2, 0.25) is 0 Å². The molecule has 0 saturated carbocycles. The van der Waals surface area contributed by atoms with Gasteiger partial charge in [0.05, 0.1) is 32.0 Å². The van der Waals surface area contributed by atoms with E-state index in [2.05, 4.69) is 9.89 Å². The third-order valence-corrected chi connectivity index (χ3v) is 3.38. The minimum atomic E-state index is 0.229. The van der Waals surface area contributed by atoms with Gasteiger partial charge >= 0.3 is 0 Å². The molecule has 110 valence electrons. The summed E-state index contributed by atoms with van der Waals surface area (Å²) >= 11 is 1.76. The van der Waals surface area contributed by atoms with E-state index in [1.54, 1.807) is 18.9 Å². The Hall–Kier alpha value is -1.45. The number of hydrogen-bond donors (Lipinski definition) is 0. The second-order valence-corrected chi connectivity index (χ2v) is 5.58. The monoisotopic (exact) mass is 295 g/mol. The number of rotatable bonds is 8. The minimum Gasteiger partial charge on any atom is -0.484 e. The molecular formula is C14H21N3O2S. The number of nitrogens with zero attached hydrogens (tertiary/aromatic N) is 3. The zero-order valence-electron chi connectivity index (χ0n) is 12.3. The lowest BCUT2D eigenvalue weighted by atomic mass is 10.4. The van der Waals surface area contributed by atoms with Gasteiger partial charge in [-0.3, -0.25) is 4.99 Å². The summed E-state index contributed by atoms with van der Waals surface area (Å²) in [6, 6.07) is 6.06. The predicted molar refractivity (Wildman–Crippen MR) is 81.8 cm³/mol. The van der Waals surface area contributed by atoms with Crippen molar-refractivity contribution in [2.24, 2.45) is 4.99 Å². The summed E-state index contributed by atoms with van der Waals surface area (Å²) < 4.78 is 10.7. The van der Waals surface area contributed by atoms with Crippen molar-refractivity contribution in [1.82, 2.24) is 4.90 Å². The van der Waals surface area contributed by atoms with Gasteiger partial charge in [0, 0.05) is 5.75 Å². The molecule has 0 aliphatic rings. The number of furan rings is 1. The molecule has 0 amide bonds. The standard InChI is InChI=1S/C14H21N3O2S/c1-17(2)10-12-4-5-13(19-12)11-20-9-8-16-14(18-3)6-7-15/h4-5H,6,8-11H2,1-3H3. The molecule has 0 aliphatic heterocycles. The highest BCUT2D eigenvalue weighted by Crippen LogP contribution is 2.16. The van der Waals surface area contributed by atoms with Gasteiger partial charge in [-0.25, -0.2) is 0 Å². The maximum absolute atomic E-state index is 8.55. The maximum Gasteiger partial charge on any atom is 0.197 e. The van der Waals surface area contributed by atoms with Gasteiger partial charge in [0.1, 0.15) is 17.9 Å².